The van der Waals surface area contributed by atoms with Crippen LogP contribution in [-0.4, -0.2) is 23.1 Å². The topological polar surface area (TPSA) is 37.8 Å². The van der Waals surface area contributed by atoms with Crippen molar-refractivity contribution in [1.82, 2.24) is 15.3 Å². The van der Waals surface area contributed by atoms with E-state index in [-0.39, 0.29) is 5.41 Å². The van der Waals surface area contributed by atoms with E-state index in [0.717, 1.165) is 24.8 Å². The molecule has 3 nitrogen and oxygen atoms in total. The number of piperidine rings is 1. The van der Waals surface area contributed by atoms with Crippen LogP contribution in [0, 0.1) is 5.92 Å². The van der Waals surface area contributed by atoms with E-state index < -0.39 is 0 Å². The molecule has 2 fully saturated rings. The van der Waals surface area contributed by atoms with Gasteiger partial charge in [-0.25, -0.2) is 9.97 Å². The first-order valence-corrected chi connectivity index (χ1v) is 6.38. The maximum absolute atomic E-state index is 5.83. The number of aromatic nitrogens is 2. The molecule has 0 bridgehead atoms. The van der Waals surface area contributed by atoms with Gasteiger partial charge in [0, 0.05) is 17.8 Å². The molecule has 2 aliphatic rings. The zero-order valence-corrected chi connectivity index (χ0v) is 10.0. The molecule has 3 rings (SSSR count). The van der Waals surface area contributed by atoms with E-state index in [1.807, 2.05) is 0 Å². The zero-order chi connectivity index (χ0) is 11.0. The maximum Gasteiger partial charge on any atom is 0.134 e. The third kappa shape index (κ3) is 1.72. The minimum absolute atomic E-state index is 0.284. The van der Waals surface area contributed by atoms with Gasteiger partial charge >= 0.3 is 0 Å². The summed E-state index contributed by atoms with van der Waals surface area (Å²) in [6.07, 6.45) is 8.46. The van der Waals surface area contributed by atoms with Crippen LogP contribution in [0.15, 0.2) is 12.4 Å². The molecule has 86 valence electrons. The summed E-state index contributed by atoms with van der Waals surface area (Å²) in [7, 11) is 0. The minimum atomic E-state index is 0.284. The summed E-state index contributed by atoms with van der Waals surface area (Å²) in [6.45, 7) is 2.28. The molecular formula is C12H16ClN3. The van der Waals surface area contributed by atoms with Gasteiger partial charge in [-0.3, -0.25) is 0 Å². The minimum Gasteiger partial charge on any atom is -0.317 e. The van der Waals surface area contributed by atoms with Crippen LogP contribution in [0.3, 0.4) is 0 Å². The smallest absolute Gasteiger partial charge is 0.134 e. The van der Waals surface area contributed by atoms with Crippen molar-refractivity contribution in [2.45, 2.75) is 31.1 Å². The number of halogens is 1. The molecular weight excluding hydrogens is 222 g/mol. The average Bonchev–Trinajstić information content (AvgIpc) is 3.13. The molecule has 0 unspecified atom stereocenters. The Hall–Kier alpha value is -0.670. The summed E-state index contributed by atoms with van der Waals surface area (Å²) in [4.78, 5) is 8.85. The highest BCUT2D eigenvalue weighted by molar-refractivity contribution is 6.30. The van der Waals surface area contributed by atoms with E-state index in [9.17, 15) is 0 Å². The van der Waals surface area contributed by atoms with E-state index in [1.165, 1.54) is 25.7 Å². The summed E-state index contributed by atoms with van der Waals surface area (Å²) < 4.78 is 0. The number of nitrogens with one attached hydrogen (secondary N) is 1. The fourth-order valence-electron chi connectivity index (χ4n) is 2.89. The fourth-order valence-corrected chi connectivity index (χ4v) is 2.99. The molecule has 1 aromatic rings. The molecule has 1 aromatic heterocycles. The van der Waals surface area contributed by atoms with Gasteiger partial charge in [0.05, 0.1) is 5.02 Å². The lowest BCUT2D eigenvalue weighted by Crippen LogP contribution is -2.35. The summed E-state index contributed by atoms with van der Waals surface area (Å²) in [5.41, 5.74) is 0.284. The number of rotatable bonds is 2. The molecule has 16 heavy (non-hydrogen) atoms. The Balaban J connectivity index is 1.84. The molecule has 1 N–H and O–H groups in total. The summed E-state index contributed by atoms with van der Waals surface area (Å²) >= 11 is 5.83. The first kappa shape index (κ1) is 10.5. The van der Waals surface area contributed by atoms with Gasteiger partial charge < -0.3 is 5.32 Å². The number of hydrogen-bond acceptors (Lipinski definition) is 3. The fraction of sp³-hybridized carbons (Fsp3) is 0.667. The van der Waals surface area contributed by atoms with E-state index in [1.54, 1.807) is 12.4 Å². The molecule has 2 heterocycles. The second kappa shape index (κ2) is 3.97. The molecule has 0 amide bonds. The van der Waals surface area contributed by atoms with Crippen LogP contribution >= 0.6 is 11.6 Å². The lowest BCUT2D eigenvalue weighted by Gasteiger charge is -2.29. The molecule has 0 aromatic carbocycles. The van der Waals surface area contributed by atoms with Crippen molar-refractivity contribution in [3.63, 3.8) is 0 Å². The summed E-state index contributed by atoms with van der Waals surface area (Å²) in [5.74, 6) is 1.78. The molecule has 1 saturated heterocycles. The Labute approximate surface area is 101 Å². The number of nitrogens with zero attached hydrogens (tertiary/aromatic N) is 2. The van der Waals surface area contributed by atoms with Crippen molar-refractivity contribution < 1.29 is 0 Å². The van der Waals surface area contributed by atoms with Crippen molar-refractivity contribution in [3.8, 4) is 0 Å². The second-order valence-corrected chi connectivity index (χ2v) is 5.34. The Morgan fingerprint density at radius 1 is 1.19 bits per heavy atom. The van der Waals surface area contributed by atoms with Crippen molar-refractivity contribution in [1.29, 1.82) is 0 Å². The van der Waals surface area contributed by atoms with Gasteiger partial charge in [0.15, 0.2) is 0 Å². The molecule has 1 aliphatic heterocycles. The Kier molecular flexibility index (Phi) is 2.60. The van der Waals surface area contributed by atoms with E-state index in [4.69, 9.17) is 11.6 Å². The van der Waals surface area contributed by atoms with Crippen LogP contribution in [0.1, 0.15) is 31.5 Å². The predicted molar refractivity (Wildman–Crippen MR) is 63.5 cm³/mol. The standard InChI is InChI=1S/C12H16ClN3/c13-10-7-15-11(16-8-10)12(3-4-12)9-1-5-14-6-2-9/h7-9,14H,1-6H2. The second-order valence-electron chi connectivity index (χ2n) is 4.91. The largest absolute Gasteiger partial charge is 0.317 e. The molecule has 0 radical (unpaired) electrons. The lowest BCUT2D eigenvalue weighted by molar-refractivity contribution is 0.294. The normalized spacial score (nSPS) is 24.3. The van der Waals surface area contributed by atoms with E-state index in [0.29, 0.717) is 5.02 Å². The summed E-state index contributed by atoms with van der Waals surface area (Å²) in [6, 6.07) is 0. The quantitative estimate of drug-likeness (QED) is 0.857. The van der Waals surface area contributed by atoms with Crippen LogP contribution in [0.25, 0.3) is 0 Å². The average molecular weight is 238 g/mol. The third-order valence-electron chi connectivity index (χ3n) is 3.97. The first-order chi connectivity index (χ1) is 7.81. The van der Waals surface area contributed by atoms with Crippen molar-refractivity contribution >= 4 is 11.6 Å². The Bertz CT molecular complexity index is 366. The van der Waals surface area contributed by atoms with Gasteiger partial charge in [0.2, 0.25) is 0 Å². The zero-order valence-electron chi connectivity index (χ0n) is 9.25. The Morgan fingerprint density at radius 3 is 2.38 bits per heavy atom. The molecule has 1 saturated carbocycles. The van der Waals surface area contributed by atoms with E-state index in [2.05, 4.69) is 15.3 Å². The third-order valence-corrected chi connectivity index (χ3v) is 4.17. The molecule has 0 spiro atoms. The van der Waals surface area contributed by atoms with Gasteiger partial charge in [-0.2, -0.15) is 0 Å². The van der Waals surface area contributed by atoms with Gasteiger partial charge in [0.25, 0.3) is 0 Å². The van der Waals surface area contributed by atoms with Crippen molar-refractivity contribution in [3.05, 3.63) is 23.2 Å². The van der Waals surface area contributed by atoms with Crippen LogP contribution in [0.4, 0.5) is 0 Å². The van der Waals surface area contributed by atoms with Crippen molar-refractivity contribution in [2.75, 3.05) is 13.1 Å². The van der Waals surface area contributed by atoms with E-state index >= 15 is 0 Å². The molecule has 1 aliphatic carbocycles. The highest BCUT2D eigenvalue weighted by atomic mass is 35.5. The first-order valence-electron chi connectivity index (χ1n) is 6.00. The highest BCUT2D eigenvalue weighted by Crippen LogP contribution is 2.55. The summed E-state index contributed by atoms with van der Waals surface area (Å²) in [5, 5.41) is 4.04. The van der Waals surface area contributed by atoms with Crippen LogP contribution < -0.4 is 5.32 Å². The van der Waals surface area contributed by atoms with Crippen LogP contribution in [0.5, 0.6) is 0 Å². The SMILES string of the molecule is Clc1cnc(C2(C3CCNCC3)CC2)nc1. The molecule has 4 heteroatoms. The van der Waals surface area contributed by atoms with Gasteiger partial charge in [-0.1, -0.05) is 11.6 Å². The van der Waals surface area contributed by atoms with Gasteiger partial charge in [-0.05, 0) is 44.7 Å². The van der Waals surface area contributed by atoms with Gasteiger partial charge in [0.1, 0.15) is 5.82 Å². The monoisotopic (exact) mass is 237 g/mol. The lowest BCUT2D eigenvalue weighted by atomic mass is 9.81. The maximum atomic E-state index is 5.83. The van der Waals surface area contributed by atoms with Crippen molar-refractivity contribution in [2.24, 2.45) is 5.92 Å². The molecule has 0 atom stereocenters. The predicted octanol–water partition coefficient (Wildman–Crippen LogP) is 2.16. The van der Waals surface area contributed by atoms with Crippen LogP contribution in [0.2, 0.25) is 5.02 Å². The van der Waals surface area contributed by atoms with Crippen LogP contribution in [-0.2, 0) is 5.41 Å². The van der Waals surface area contributed by atoms with Gasteiger partial charge in [-0.15, -0.1) is 0 Å². The highest BCUT2D eigenvalue weighted by Gasteiger charge is 2.52. The number of hydrogen-bond donors (Lipinski definition) is 1. The Morgan fingerprint density at radius 2 is 1.81 bits per heavy atom.